The van der Waals surface area contributed by atoms with E-state index in [1.54, 1.807) is 0 Å². The number of carbonyl (C=O) groups excluding carboxylic acids is 1. The summed E-state index contributed by atoms with van der Waals surface area (Å²) in [5, 5.41) is 0. The first kappa shape index (κ1) is 13.8. The van der Waals surface area contributed by atoms with Crippen LogP contribution in [0.5, 0.6) is 0 Å². The normalized spacial score (nSPS) is 31.9. The van der Waals surface area contributed by atoms with Crippen LogP contribution in [0.15, 0.2) is 0 Å². The van der Waals surface area contributed by atoms with Crippen molar-refractivity contribution in [3.05, 3.63) is 0 Å². The third-order valence-electron chi connectivity index (χ3n) is 4.76. The van der Waals surface area contributed by atoms with Gasteiger partial charge in [-0.05, 0) is 57.0 Å². The Morgan fingerprint density at radius 3 is 2.78 bits per heavy atom. The number of ether oxygens (including phenoxy) is 1. The summed E-state index contributed by atoms with van der Waals surface area (Å²) >= 11 is 0. The zero-order chi connectivity index (χ0) is 13.1. The highest BCUT2D eigenvalue weighted by molar-refractivity contribution is 5.75. The van der Waals surface area contributed by atoms with Crippen molar-refractivity contribution in [3.8, 4) is 0 Å². The lowest BCUT2D eigenvalue weighted by Crippen LogP contribution is -2.37. The van der Waals surface area contributed by atoms with Crippen molar-refractivity contribution in [2.24, 2.45) is 23.5 Å². The monoisotopic (exact) mass is 254 g/mol. The summed E-state index contributed by atoms with van der Waals surface area (Å²) < 4.78 is 4.64. The predicted molar refractivity (Wildman–Crippen MR) is 71.0 cm³/mol. The lowest BCUT2D eigenvalue weighted by atomic mass is 9.88. The molecule has 2 saturated carbocycles. The number of nitrogens with two attached hydrogens (primary N) is 1. The third-order valence-corrected chi connectivity index (χ3v) is 4.76. The van der Waals surface area contributed by atoms with Gasteiger partial charge in [-0.1, -0.05) is 6.42 Å². The molecule has 2 bridgehead atoms. The number of hydrogen-bond donors (Lipinski definition) is 1. The summed E-state index contributed by atoms with van der Waals surface area (Å²) in [4.78, 5) is 13.5. The van der Waals surface area contributed by atoms with Gasteiger partial charge in [0.1, 0.15) is 6.04 Å². The average Bonchev–Trinajstić information content (AvgIpc) is 2.97. The Hall–Kier alpha value is -0.610. The number of fused-ring (bicyclic) bond motifs is 2. The Balaban J connectivity index is 1.66. The minimum Gasteiger partial charge on any atom is -0.468 e. The zero-order valence-corrected chi connectivity index (χ0v) is 11.6. The van der Waals surface area contributed by atoms with E-state index in [1.807, 2.05) is 0 Å². The number of rotatable bonds is 6. The highest BCUT2D eigenvalue weighted by Crippen LogP contribution is 2.48. The van der Waals surface area contributed by atoms with Crippen LogP contribution in [-0.4, -0.2) is 44.2 Å². The topological polar surface area (TPSA) is 55.6 Å². The molecule has 0 amide bonds. The minimum absolute atomic E-state index is 0.302. The summed E-state index contributed by atoms with van der Waals surface area (Å²) in [5.41, 5.74) is 5.74. The van der Waals surface area contributed by atoms with E-state index < -0.39 is 6.04 Å². The van der Waals surface area contributed by atoms with E-state index in [2.05, 4.69) is 16.7 Å². The molecule has 0 spiro atoms. The Kier molecular flexibility index (Phi) is 4.62. The Morgan fingerprint density at radius 2 is 2.22 bits per heavy atom. The largest absolute Gasteiger partial charge is 0.468 e. The minimum atomic E-state index is -0.475. The molecule has 2 aliphatic rings. The number of nitrogens with zero attached hydrogens (tertiary/aromatic N) is 1. The van der Waals surface area contributed by atoms with Crippen LogP contribution < -0.4 is 5.73 Å². The van der Waals surface area contributed by atoms with Crippen LogP contribution in [0.4, 0.5) is 0 Å². The quantitative estimate of drug-likeness (QED) is 0.725. The molecule has 0 radical (unpaired) electrons. The molecule has 4 nitrogen and oxygen atoms in total. The maximum Gasteiger partial charge on any atom is 0.322 e. The molecule has 2 rings (SSSR count). The van der Waals surface area contributed by atoms with Crippen LogP contribution in [0.25, 0.3) is 0 Å². The van der Waals surface area contributed by atoms with Gasteiger partial charge in [-0.2, -0.15) is 0 Å². The van der Waals surface area contributed by atoms with Gasteiger partial charge in [-0.3, -0.25) is 4.79 Å². The molecule has 4 atom stereocenters. The summed E-state index contributed by atoms with van der Waals surface area (Å²) in [6.07, 6.45) is 6.45. The van der Waals surface area contributed by atoms with Crippen LogP contribution in [0.1, 0.15) is 32.1 Å². The van der Waals surface area contributed by atoms with E-state index in [9.17, 15) is 4.79 Å². The summed E-state index contributed by atoms with van der Waals surface area (Å²) in [6.45, 7) is 2.04. The molecule has 18 heavy (non-hydrogen) atoms. The van der Waals surface area contributed by atoms with Gasteiger partial charge in [0.2, 0.25) is 0 Å². The molecule has 0 aliphatic heterocycles. The van der Waals surface area contributed by atoms with Gasteiger partial charge in [0.25, 0.3) is 0 Å². The van der Waals surface area contributed by atoms with E-state index in [-0.39, 0.29) is 5.97 Å². The lowest BCUT2D eigenvalue weighted by molar-refractivity contribution is -0.142. The van der Waals surface area contributed by atoms with Crippen molar-refractivity contribution in [3.63, 3.8) is 0 Å². The van der Waals surface area contributed by atoms with E-state index >= 15 is 0 Å². The molecule has 104 valence electrons. The smallest absolute Gasteiger partial charge is 0.322 e. The van der Waals surface area contributed by atoms with Gasteiger partial charge in [0, 0.05) is 6.54 Å². The first-order valence-corrected chi connectivity index (χ1v) is 7.12. The summed E-state index contributed by atoms with van der Waals surface area (Å²) in [7, 11) is 3.52. The van der Waals surface area contributed by atoms with E-state index in [4.69, 9.17) is 5.73 Å². The number of hydrogen-bond acceptors (Lipinski definition) is 4. The average molecular weight is 254 g/mol. The molecular weight excluding hydrogens is 228 g/mol. The van der Waals surface area contributed by atoms with Crippen molar-refractivity contribution in [1.82, 2.24) is 4.90 Å². The molecule has 0 saturated heterocycles. The number of carbonyl (C=O) groups is 1. The van der Waals surface area contributed by atoms with Gasteiger partial charge in [-0.25, -0.2) is 0 Å². The van der Waals surface area contributed by atoms with Gasteiger partial charge in [0.15, 0.2) is 0 Å². The number of methoxy groups -OCH3 is 1. The maximum absolute atomic E-state index is 11.2. The first-order valence-electron chi connectivity index (χ1n) is 7.12. The van der Waals surface area contributed by atoms with Crippen LogP contribution in [-0.2, 0) is 9.53 Å². The molecule has 0 aromatic carbocycles. The van der Waals surface area contributed by atoms with Crippen molar-refractivity contribution in [2.75, 3.05) is 27.2 Å². The molecule has 2 N–H and O–H groups in total. The van der Waals surface area contributed by atoms with Crippen molar-refractivity contribution >= 4 is 5.97 Å². The SMILES string of the molecule is COC(=O)C(N)CCN(C)CC1CC2CCC1C2. The second kappa shape index (κ2) is 6.02. The second-order valence-corrected chi connectivity index (χ2v) is 6.12. The van der Waals surface area contributed by atoms with Crippen molar-refractivity contribution < 1.29 is 9.53 Å². The fraction of sp³-hybridized carbons (Fsp3) is 0.929. The summed E-state index contributed by atoms with van der Waals surface area (Å²) in [6, 6.07) is -0.475. The van der Waals surface area contributed by atoms with Crippen LogP contribution in [0.3, 0.4) is 0 Å². The molecule has 0 aromatic heterocycles. The lowest BCUT2D eigenvalue weighted by Gasteiger charge is -2.27. The molecule has 4 heteroatoms. The number of esters is 1. The third kappa shape index (κ3) is 3.23. The van der Waals surface area contributed by atoms with E-state index in [0.717, 1.165) is 30.8 Å². The Morgan fingerprint density at radius 1 is 1.44 bits per heavy atom. The van der Waals surface area contributed by atoms with Gasteiger partial charge < -0.3 is 15.4 Å². The maximum atomic E-state index is 11.2. The van der Waals surface area contributed by atoms with Gasteiger partial charge in [0.05, 0.1) is 7.11 Å². The molecule has 0 heterocycles. The molecule has 0 aromatic rings. The van der Waals surface area contributed by atoms with E-state index in [1.165, 1.54) is 32.8 Å². The van der Waals surface area contributed by atoms with Gasteiger partial charge in [-0.15, -0.1) is 0 Å². The zero-order valence-electron chi connectivity index (χ0n) is 11.6. The van der Waals surface area contributed by atoms with Crippen LogP contribution in [0.2, 0.25) is 0 Å². The highest BCUT2D eigenvalue weighted by atomic mass is 16.5. The fourth-order valence-electron chi connectivity index (χ4n) is 3.72. The molecule has 2 aliphatic carbocycles. The predicted octanol–water partition coefficient (Wildman–Crippen LogP) is 1.24. The Bertz CT molecular complexity index is 296. The first-order chi connectivity index (χ1) is 8.60. The van der Waals surface area contributed by atoms with Gasteiger partial charge >= 0.3 is 5.97 Å². The molecule has 2 fully saturated rings. The highest BCUT2D eigenvalue weighted by Gasteiger charge is 2.39. The van der Waals surface area contributed by atoms with Crippen molar-refractivity contribution in [1.29, 1.82) is 0 Å². The second-order valence-electron chi connectivity index (χ2n) is 6.12. The fourth-order valence-corrected chi connectivity index (χ4v) is 3.72. The molecular formula is C14H26N2O2. The molecule has 4 unspecified atom stereocenters. The summed E-state index contributed by atoms with van der Waals surface area (Å²) in [5.74, 6) is 2.55. The Labute approximate surface area is 110 Å². The van der Waals surface area contributed by atoms with E-state index in [0.29, 0.717) is 6.42 Å². The van der Waals surface area contributed by atoms with Crippen molar-refractivity contribution in [2.45, 2.75) is 38.1 Å². The standard InChI is InChI=1S/C14H26N2O2/c1-16(6-5-13(15)14(17)18-2)9-12-8-10-3-4-11(12)7-10/h10-13H,3-9,15H2,1-2H3. The van der Waals surface area contributed by atoms with Crippen LogP contribution in [0, 0.1) is 17.8 Å². The van der Waals surface area contributed by atoms with Crippen LogP contribution >= 0.6 is 0 Å².